The van der Waals surface area contributed by atoms with Crippen molar-refractivity contribution in [3.8, 4) is 5.88 Å². The molecule has 1 fully saturated rings. The van der Waals surface area contributed by atoms with Crippen molar-refractivity contribution in [1.29, 1.82) is 0 Å². The summed E-state index contributed by atoms with van der Waals surface area (Å²) in [7, 11) is 1.28. The van der Waals surface area contributed by atoms with Crippen LogP contribution in [0.2, 0.25) is 0 Å². The molecule has 29 heavy (non-hydrogen) atoms. The first kappa shape index (κ1) is 20.8. The Morgan fingerprint density at radius 3 is 2.62 bits per heavy atom. The molecule has 10 nitrogen and oxygen atoms in total. The predicted octanol–water partition coefficient (Wildman–Crippen LogP) is 1.56. The number of anilines is 2. The van der Waals surface area contributed by atoms with Crippen LogP contribution in [0.3, 0.4) is 0 Å². The summed E-state index contributed by atoms with van der Waals surface area (Å²) in [6.45, 7) is 0.564. The van der Waals surface area contributed by atoms with E-state index < -0.39 is 16.1 Å². The molecule has 0 spiro atoms. The van der Waals surface area contributed by atoms with Crippen molar-refractivity contribution in [1.82, 2.24) is 14.3 Å². The van der Waals surface area contributed by atoms with Crippen LogP contribution in [0.5, 0.6) is 5.88 Å². The van der Waals surface area contributed by atoms with E-state index in [1.54, 1.807) is 6.20 Å². The Bertz CT molecular complexity index is 965. The van der Waals surface area contributed by atoms with Gasteiger partial charge in [-0.05, 0) is 30.7 Å². The standard InChI is InChI=1S/C18H23N5O5S/c1-22(2)16-10-19-11-17(21-16)28-14-8-9-23(12-14)29(25,26)15-6-4-13(5-7-15)20-18(24)27-3/h4-7,10-11,14H,8-9,12H2,1-3H3,(H,20,24). The number of rotatable bonds is 6. The molecule has 0 aliphatic carbocycles. The molecule has 0 saturated carbocycles. The summed E-state index contributed by atoms with van der Waals surface area (Å²) >= 11 is 0. The molecule has 1 amide bonds. The zero-order valence-corrected chi connectivity index (χ0v) is 17.2. The highest BCUT2D eigenvalue weighted by Gasteiger charge is 2.34. The molecular weight excluding hydrogens is 398 g/mol. The molecule has 0 bridgehead atoms. The maximum atomic E-state index is 12.9. The minimum Gasteiger partial charge on any atom is -0.472 e. The number of nitrogens with zero attached hydrogens (tertiary/aromatic N) is 4. The van der Waals surface area contributed by atoms with Crippen LogP contribution in [0.25, 0.3) is 0 Å². The highest BCUT2D eigenvalue weighted by molar-refractivity contribution is 7.89. The average molecular weight is 421 g/mol. The van der Waals surface area contributed by atoms with E-state index in [1.165, 1.54) is 41.9 Å². The van der Waals surface area contributed by atoms with Gasteiger partial charge in [0.2, 0.25) is 15.9 Å². The number of benzene rings is 1. The quantitative estimate of drug-likeness (QED) is 0.748. The fourth-order valence-corrected chi connectivity index (χ4v) is 4.31. The summed E-state index contributed by atoms with van der Waals surface area (Å²) in [4.78, 5) is 21.6. The van der Waals surface area contributed by atoms with Gasteiger partial charge in [0.25, 0.3) is 0 Å². The van der Waals surface area contributed by atoms with Gasteiger partial charge in [-0.3, -0.25) is 10.3 Å². The molecule has 0 radical (unpaired) electrons. The lowest BCUT2D eigenvalue weighted by atomic mass is 10.3. The van der Waals surface area contributed by atoms with E-state index in [1.807, 2.05) is 19.0 Å². The van der Waals surface area contributed by atoms with Gasteiger partial charge in [0, 0.05) is 26.3 Å². The number of sulfonamides is 1. The monoisotopic (exact) mass is 421 g/mol. The van der Waals surface area contributed by atoms with Crippen LogP contribution in [0.4, 0.5) is 16.3 Å². The smallest absolute Gasteiger partial charge is 0.411 e. The topological polar surface area (TPSA) is 114 Å². The third-order valence-corrected chi connectivity index (χ3v) is 6.26. The highest BCUT2D eigenvalue weighted by Crippen LogP contribution is 2.25. The van der Waals surface area contributed by atoms with E-state index in [9.17, 15) is 13.2 Å². The van der Waals surface area contributed by atoms with E-state index in [4.69, 9.17) is 4.74 Å². The van der Waals surface area contributed by atoms with Crippen molar-refractivity contribution in [3.63, 3.8) is 0 Å². The van der Waals surface area contributed by atoms with Crippen molar-refractivity contribution >= 4 is 27.6 Å². The molecule has 1 N–H and O–H groups in total. The molecule has 2 heterocycles. The van der Waals surface area contributed by atoms with Crippen molar-refractivity contribution in [2.24, 2.45) is 0 Å². The first-order valence-electron chi connectivity index (χ1n) is 8.91. The first-order valence-corrected chi connectivity index (χ1v) is 10.3. The molecule has 11 heteroatoms. The minimum atomic E-state index is -3.67. The fourth-order valence-electron chi connectivity index (χ4n) is 2.82. The lowest BCUT2D eigenvalue weighted by Crippen LogP contribution is -2.31. The number of ether oxygens (including phenoxy) is 2. The minimum absolute atomic E-state index is 0.142. The molecule has 156 valence electrons. The number of carbonyl (C=O) groups excluding carboxylic acids is 1. The second-order valence-electron chi connectivity index (χ2n) is 6.64. The van der Waals surface area contributed by atoms with Gasteiger partial charge in [-0.15, -0.1) is 0 Å². The number of hydrogen-bond acceptors (Lipinski definition) is 8. The number of amides is 1. The summed E-state index contributed by atoms with van der Waals surface area (Å²) in [5.74, 6) is 1.02. The molecular formula is C18H23N5O5S. The van der Waals surface area contributed by atoms with Crippen LogP contribution in [0.15, 0.2) is 41.6 Å². The molecule has 1 aromatic carbocycles. The molecule has 1 aliphatic heterocycles. The first-order chi connectivity index (χ1) is 13.8. The van der Waals surface area contributed by atoms with Gasteiger partial charge in [-0.1, -0.05) is 0 Å². The van der Waals surface area contributed by atoms with Crippen LogP contribution in [-0.2, 0) is 14.8 Å². The lowest BCUT2D eigenvalue weighted by Gasteiger charge is -2.18. The summed E-state index contributed by atoms with van der Waals surface area (Å²) in [5, 5.41) is 2.48. The second kappa shape index (κ2) is 8.62. The molecule has 1 aliphatic rings. The molecule has 2 aromatic rings. The Labute approximate surface area is 169 Å². The maximum absolute atomic E-state index is 12.9. The summed E-state index contributed by atoms with van der Waals surface area (Å²) in [6, 6.07) is 5.91. The van der Waals surface area contributed by atoms with Gasteiger partial charge in [0.1, 0.15) is 6.10 Å². The number of methoxy groups -OCH3 is 1. The van der Waals surface area contributed by atoms with Crippen LogP contribution >= 0.6 is 0 Å². The van der Waals surface area contributed by atoms with Crippen molar-refractivity contribution < 1.29 is 22.7 Å². The van der Waals surface area contributed by atoms with Crippen molar-refractivity contribution in [2.45, 2.75) is 17.4 Å². The summed E-state index contributed by atoms with van der Waals surface area (Å²) in [5.41, 5.74) is 0.442. The SMILES string of the molecule is COC(=O)Nc1ccc(S(=O)(=O)N2CCC(Oc3cncc(N(C)C)n3)C2)cc1. The number of aromatic nitrogens is 2. The van der Waals surface area contributed by atoms with Gasteiger partial charge >= 0.3 is 6.09 Å². The Balaban J connectivity index is 1.65. The van der Waals surface area contributed by atoms with Crippen molar-refractivity contribution in [3.05, 3.63) is 36.7 Å². The Morgan fingerprint density at radius 1 is 1.24 bits per heavy atom. The van der Waals surface area contributed by atoms with E-state index in [0.717, 1.165) is 0 Å². The Kier molecular flexibility index (Phi) is 6.18. The molecule has 1 aromatic heterocycles. The molecule has 1 atom stereocenters. The average Bonchev–Trinajstić information content (AvgIpc) is 3.18. The fraction of sp³-hybridized carbons (Fsp3) is 0.389. The third kappa shape index (κ3) is 4.93. The number of hydrogen-bond donors (Lipinski definition) is 1. The molecule has 3 rings (SSSR count). The van der Waals surface area contributed by atoms with Gasteiger partial charge < -0.3 is 14.4 Å². The largest absolute Gasteiger partial charge is 0.472 e. The van der Waals surface area contributed by atoms with Gasteiger partial charge in [0.15, 0.2) is 5.82 Å². The number of nitrogens with one attached hydrogen (secondary N) is 1. The Hall–Kier alpha value is -2.92. The molecule has 1 saturated heterocycles. The van der Waals surface area contributed by atoms with E-state index in [-0.39, 0.29) is 17.5 Å². The van der Waals surface area contributed by atoms with E-state index in [2.05, 4.69) is 20.0 Å². The number of carbonyl (C=O) groups is 1. The van der Waals surface area contributed by atoms with Crippen LogP contribution in [0.1, 0.15) is 6.42 Å². The Morgan fingerprint density at radius 2 is 1.97 bits per heavy atom. The maximum Gasteiger partial charge on any atom is 0.411 e. The van der Waals surface area contributed by atoms with Crippen LogP contribution in [-0.4, -0.2) is 69.2 Å². The van der Waals surface area contributed by atoms with Gasteiger partial charge in [-0.25, -0.2) is 13.2 Å². The zero-order valence-electron chi connectivity index (χ0n) is 16.4. The van der Waals surface area contributed by atoms with Gasteiger partial charge in [0.05, 0.1) is 30.9 Å². The third-order valence-electron chi connectivity index (χ3n) is 4.38. The normalized spacial score (nSPS) is 17.0. The summed E-state index contributed by atoms with van der Waals surface area (Å²) < 4.78 is 37.5. The summed E-state index contributed by atoms with van der Waals surface area (Å²) in [6.07, 6.45) is 2.75. The van der Waals surface area contributed by atoms with Crippen molar-refractivity contribution in [2.75, 3.05) is 44.5 Å². The highest BCUT2D eigenvalue weighted by atomic mass is 32.2. The van der Waals surface area contributed by atoms with E-state index >= 15 is 0 Å². The van der Waals surface area contributed by atoms with Gasteiger partial charge in [-0.2, -0.15) is 9.29 Å². The predicted molar refractivity (Wildman–Crippen MR) is 107 cm³/mol. The lowest BCUT2D eigenvalue weighted by molar-refractivity contribution is 0.187. The van der Waals surface area contributed by atoms with Crippen LogP contribution < -0.4 is 15.0 Å². The van der Waals surface area contributed by atoms with Crippen LogP contribution in [0, 0.1) is 0 Å². The molecule has 1 unspecified atom stereocenters. The second-order valence-corrected chi connectivity index (χ2v) is 8.58. The van der Waals surface area contributed by atoms with E-state index in [0.29, 0.717) is 30.4 Å². The zero-order chi connectivity index (χ0) is 21.0.